The fourth-order valence-electron chi connectivity index (χ4n) is 4.71. The summed E-state index contributed by atoms with van der Waals surface area (Å²) in [6.07, 6.45) is 9.11. The standard InChI is InChI=1S/C22H29FN4O2S/c23-17-10-15(25-14-3-1-2-4-14)11-18-21(17)22(29)27-20(26-18)12-30-16-7-5-13(6-8-16)9-19(24)28/h10-11,13-14,16,25H,1-9,12H2,(H2,24,28)(H,26,27,29)/t13-,16-. The first-order valence-corrected chi connectivity index (χ1v) is 11.9. The van der Waals surface area contributed by atoms with Crippen LogP contribution in [0.2, 0.25) is 0 Å². The van der Waals surface area contributed by atoms with Gasteiger partial charge in [0.2, 0.25) is 5.91 Å². The lowest BCUT2D eigenvalue weighted by Gasteiger charge is -2.27. The minimum absolute atomic E-state index is 0.0210. The third-order valence-corrected chi connectivity index (χ3v) is 7.66. The number of hydrogen-bond donors (Lipinski definition) is 3. The summed E-state index contributed by atoms with van der Waals surface area (Å²) >= 11 is 1.77. The van der Waals surface area contributed by atoms with E-state index in [2.05, 4.69) is 15.3 Å². The number of aromatic amines is 1. The van der Waals surface area contributed by atoms with Gasteiger partial charge in [0.25, 0.3) is 5.56 Å². The number of carbonyl (C=O) groups excluding carboxylic acids is 1. The van der Waals surface area contributed by atoms with E-state index >= 15 is 0 Å². The van der Waals surface area contributed by atoms with E-state index in [1.807, 2.05) is 0 Å². The van der Waals surface area contributed by atoms with Gasteiger partial charge in [0, 0.05) is 23.4 Å². The van der Waals surface area contributed by atoms with Crippen molar-refractivity contribution in [3.63, 3.8) is 0 Å². The number of halogens is 1. The van der Waals surface area contributed by atoms with Gasteiger partial charge in [-0.1, -0.05) is 12.8 Å². The van der Waals surface area contributed by atoms with Crippen LogP contribution >= 0.6 is 11.8 Å². The van der Waals surface area contributed by atoms with Crippen LogP contribution in [0.25, 0.3) is 10.9 Å². The zero-order valence-electron chi connectivity index (χ0n) is 17.1. The Bertz CT molecular complexity index is 965. The first-order chi connectivity index (χ1) is 14.5. The molecular weight excluding hydrogens is 403 g/mol. The molecule has 0 aliphatic heterocycles. The summed E-state index contributed by atoms with van der Waals surface area (Å²) < 4.78 is 14.6. The number of carbonyl (C=O) groups is 1. The third-order valence-electron chi connectivity index (χ3n) is 6.28. The van der Waals surface area contributed by atoms with Gasteiger partial charge in [0.1, 0.15) is 17.0 Å². The Morgan fingerprint density at radius 2 is 1.93 bits per heavy atom. The molecule has 1 aromatic heterocycles. The minimum Gasteiger partial charge on any atom is -0.382 e. The van der Waals surface area contributed by atoms with Crippen LogP contribution in [-0.4, -0.2) is 27.2 Å². The number of aromatic nitrogens is 2. The van der Waals surface area contributed by atoms with Gasteiger partial charge in [0.05, 0.1) is 11.3 Å². The molecule has 0 spiro atoms. The van der Waals surface area contributed by atoms with Crippen molar-refractivity contribution in [2.24, 2.45) is 11.7 Å². The molecule has 6 nitrogen and oxygen atoms in total. The lowest BCUT2D eigenvalue weighted by molar-refractivity contribution is -0.119. The number of fused-ring (bicyclic) bond motifs is 1. The van der Waals surface area contributed by atoms with Gasteiger partial charge in [-0.15, -0.1) is 0 Å². The Hall–Kier alpha value is -2.09. The highest BCUT2D eigenvalue weighted by Gasteiger charge is 2.23. The number of thioether (sulfide) groups is 1. The topological polar surface area (TPSA) is 101 Å². The minimum atomic E-state index is -0.534. The maximum absolute atomic E-state index is 14.6. The monoisotopic (exact) mass is 432 g/mol. The molecule has 0 atom stereocenters. The second-order valence-electron chi connectivity index (χ2n) is 8.61. The number of primary amides is 1. The highest BCUT2D eigenvalue weighted by Crippen LogP contribution is 2.34. The number of amides is 1. The van der Waals surface area contributed by atoms with E-state index in [1.165, 1.54) is 18.9 Å². The normalized spacial score (nSPS) is 22.4. The molecule has 0 saturated heterocycles. The van der Waals surface area contributed by atoms with Gasteiger partial charge in [-0.3, -0.25) is 9.59 Å². The van der Waals surface area contributed by atoms with Crippen molar-refractivity contribution in [1.29, 1.82) is 0 Å². The summed E-state index contributed by atoms with van der Waals surface area (Å²) in [7, 11) is 0. The number of H-pyrrole nitrogens is 1. The molecule has 2 fully saturated rings. The van der Waals surface area contributed by atoms with E-state index in [0.29, 0.717) is 46.4 Å². The van der Waals surface area contributed by atoms with Crippen molar-refractivity contribution in [2.45, 2.75) is 74.8 Å². The molecule has 2 aliphatic rings. The van der Waals surface area contributed by atoms with E-state index in [-0.39, 0.29) is 11.3 Å². The number of benzene rings is 1. The SMILES string of the molecule is NC(=O)C[C@H]1CC[C@H](SCc2nc3cc(NC4CCCC4)cc(F)c3c(=O)[nH]2)CC1. The zero-order chi connectivity index (χ0) is 21.1. The predicted octanol–water partition coefficient (Wildman–Crippen LogP) is 4.08. The van der Waals surface area contributed by atoms with Crippen LogP contribution in [0.1, 0.15) is 63.6 Å². The van der Waals surface area contributed by atoms with E-state index in [9.17, 15) is 14.0 Å². The third kappa shape index (κ3) is 5.14. The number of anilines is 1. The molecule has 30 heavy (non-hydrogen) atoms. The van der Waals surface area contributed by atoms with Gasteiger partial charge in [-0.2, -0.15) is 11.8 Å². The quantitative estimate of drug-likeness (QED) is 0.612. The van der Waals surface area contributed by atoms with Crippen molar-refractivity contribution in [3.05, 3.63) is 34.1 Å². The molecule has 0 radical (unpaired) electrons. The van der Waals surface area contributed by atoms with Gasteiger partial charge in [-0.25, -0.2) is 9.37 Å². The largest absolute Gasteiger partial charge is 0.382 e. The molecule has 1 heterocycles. The van der Waals surface area contributed by atoms with Gasteiger partial charge >= 0.3 is 0 Å². The number of nitrogens with zero attached hydrogens (tertiary/aromatic N) is 1. The van der Waals surface area contributed by atoms with Gasteiger partial charge in [0.15, 0.2) is 0 Å². The molecular formula is C22H29FN4O2S. The Balaban J connectivity index is 1.43. The van der Waals surface area contributed by atoms with Crippen molar-refractivity contribution in [3.8, 4) is 0 Å². The van der Waals surface area contributed by atoms with Crippen molar-refractivity contribution in [2.75, 3.05) is 5.32 Å². The fraction of sp³-hybridized carbons (Fsp3) is 0.591. The number of rotatable bonds is 7. The Morgan fingerprint density at radius 3 is 2.63 bits per heavy atom. The van der Waals surface area contributed by atoms with E-state index in [4.69, 9.17) is 5.73 Å². The maximum Gasteiger partial charge on any atom is 0.261 e. The van der Waals surface area contributed by atoms with Crippen LogP contribution < -0.4 is 16.6 Å². The summed E-state index contributed by atoms with van der Waals surface area (Å²) in [5, 5.41) is 3.88. The second-order valence-corrected chi connectivity index (χ2v) is 9.90. The van der Waals surface area contributed by atoms with Crippen LogP contribution in [0.15, 0.2) is 16.9 Å². The van der Waals surface area contributed by atoms with Crippen LogP contribution in [0.3, 0.4) is 0 Å². The van der Waals surface area contributed by atoms with Crippen molar-refractivity contribution >= 4 is 34.3 Å². The molecule has 4 rings (SSSR count). The summed E-state index contributed by atoms with van der Waals surface area (Å²) in [6.45, 7) is 0. The molecule has 162 valence electrons. The van der Waals surface area contributed by atoms with Gasteiger partial charge in [-0.05, 0) is 56.6 Å². The van der Waals surface area contributed by atoms with E-state index in [0.717, 1.165) is 38.5 Å². The van der Waals surface area contributed by atoms with Gasteiger partial charge < -0.3 is 16.0 Å². The smallest absolute Gasteiger partial charge is 0.261 e. The van der Waals surface area contributed by atoms with Crippen molar-refractivity contribution < 1.29 is 9.18 Å². The van der Waals surface area contributed by atoms with E-state index < -0.39 is 11.4 Å². The highest BCUT2D eigenvalue weighted by molar-refractivity contribution is 7.99. The summed E-state index contributed by atoms with van der Waals surface area (Å²) in [4.78, 5) is 30.9. The van der Waals surface area contributed by atoms with Crippen LogP contribution in [-0.2, 0) is 10.5 Å². The Labute approximate surface area is 179 Å². The Morgan fingerprint density at radius 1 is 1.20 bits per heavy atom. The number of hydrogen-bond acceptors (Lipinski definition) is 5. The lowest BCUT2D eigenvalue weighted by Crippen LogP contribution is -2.22. The summed E-state index contributed by atoms with van der Waals surface area (Å²) in [6, 6.07) is 3.55. The maximum atomic E-state index is 14.6. The number of nitrogens with one attached hydrogen (secondary N) is 2. The van der Waals surface area contributed by atoms with Crippen molar-refractivity contribution in [1.82, 2.24) is 9.97 Å². The predicted molar refractivity (Wildman–Crippen MR) is 119 cm³/mol. The molecule has 0 unspecified atom stereocenters. The lowest BCUT2D eigenvalue weighted by atomic mass is 9.86. The Kier molecular flexibility index (Phi) is 6.61. The molecule has 0 bridgehead atoms. The number of nitrogens with two attached hydrogens (primary N) is 1. The molecule has 1 aromatic carbocycles. The second kappa shape index (κ2) is 9.37. The first-order valence-electron chi connectivity index (χ1n) is 10.9. The summed E-state index contributed by atoms with van der Waals surface area (Å²) in [5.74, 6) is 0.797. The van der Waals surface area contributed by atoms with Crippen LogP contribution in [0, 0.1) is 11.7 Å². The molecule has 1 amide bonds. The first kappa shape index (κ1) is 21.2. The molecule has 2 aromatic rings. The fourth-order valence-corrected chi connectivity index (χ4v) is 5.85. The zero-order valence-corrected chi connectivity index (χ0v) is 17.9. The average molecular weight is 433 g/mol. The van der Waals surface area contributed by atoms with E-state index in [1.54, 1.807) is 17.8 Å². The van der Waals surface area contributed by atoms with Crippen LogP contribution in [0.4, 0.5) is 10.1 Å². The molecule has 2 saturated carbocycles. The van der Waals surface area contributed by atoms with Crippen LogP contribution in [0.5, 0.6) is 0 Å². The molecule has 8 heteroatoms. The summed E-state index contributed by atoms with van der Waals surface area (Å²) in [5.41, 5.74) is 5.97. The molecule has 2 aliphatic carbocycles. The highest BCUT2D eigenvalue weighted by atomic mass is 32.2. The average Bonchev–Trinajstić information content (AvgIpc) is 3.19. The molecule has 4 N–H and O–H groups in total.